The molecule has 0 saturated carbocycles. The van der Waals surface area contributed by atoms with E-state index in [4.69, 9.17) is 23.2 Å². The zero-order valence-corrected chi connectivity index (χ0v) is 15.7. The minimum absolute atomic E-state index is 0.187. The number of carbonyl (C=O) groups excluding carboxylic acids is 1. The van der Waals surface area contributed by atoms with Crippen molar-refractivity contribution in [1.29, 1.82) is 0 Å². The van der Waals surface area contributed by atoms with Crippen LogP contribution in [-0.4, -0.2) is 17.1 Å². The fourth-order valence-corrected chi connectivity index (χ4v) is 3.38. The van der Waals surface area contributed by atoms with Gasteiger partial charge in [0.2, 0.25) is 0 Å². The fourth-order valence-electron chi connectivity index (χ4n) is 2.98. The van der Waals surface area contributed by atoms with Crippen LogP contribution in [0.3, 0.4) is 0 Å². The van der Waals surface area contributed by atoms with Crippen LogP contribution in [0.25, 0.3) is 0 Å². The Balaban J connectivity index is 1.76. The van der Waals surface area contributed by atoms with E-state index in [1.807, 2.05) is 48.5 Å². The molecule has 1 unspecified atom stereocenters. The molecule has 4 nitrogen and oxygen atoms in total. The summed E-state index contributed by atoms with van der Waals surface area (Å²) >= 11 is 12.2. The molecule has 1 N–H and O–H groups in total. The van der Waals surface area contributed by atoms with Crippen molar-refractivity contribution in [2.75, 3.05) is 5.32 Å². The number of anilines is 1. The Morgan fingerprint density at radius 1 is 0.926 bits per heavy atom. The minimum Gasteiger partial charge on any atom is -0.359 e. The number of nitrogens with one attached hydrogen (secondary N) is 1. The van der Waals surface area contributed by atoms with Crippen LogP contribution in [0.4, 0.5) is 5.69 Å². The highest BCUT2D eigenvalue weighted by Gasteiger charge is 2.32. The first kappa shape index (κ1) is 17.6. The Hall–Kier alpha value is -2.82. The quantitative estimate of drug-likeness (QED) is 0.587. The number of fused-ring (bicyclic) bond motifs is 1. The third-order valence-corrected chi connectivity index (χ3v) is 4.72. The zero-order valence-electron chi connectivity index (χ0n) is 14.1. The SMILES string of the molecule is O=C1c2ccccc2NC(c2cccc(Cl)c2)N1/N=C/c1cccc(Cl)c1. The second-order valence-electron chi connectivity index (χ2n) is 6.10. The molecule has 0 saturated heterocycles. The molecule has 3 aromatic rings. The summed E-state index contributed by atoms with van der Waals surface area (Å²) < 4.78 is 0. The highest BCUT2D eigenvalue weighted by Crippen LogP contribution is 2.34. The number of para-hydroxylation sites is 1. The van der Waals surface area contributed by atoms with Gasteiger partial charge in [-0.05, 0) is 47.5 Å². The monoisotopic (exact) mass is 395 g/mol. The summed E-state index contributed by atoms with van der Waals surface area (Å²) in [4.78, 5) is 13.1. The van der Waals surface area contributed by atoms with Crippen LogP contribution in [0.2, 0.25) is 10.0 Å². The summed E-state index contributed by atoms with van der Waals surface area (Å²) in [5.74, 6) is -0.187. The third-order valence-electron chi connectivity index (χ3n) is 4.25. The maximum absolute atomic E-state index is 13.1. The van der Waals surface area contributed by atoms with Gasteiger partial charge in [0, 0.05) is 15.7 Å². The third kappa shape index (κ3) is 3.68. The van der Waals surface area contributed by atoms with Gasteiger partial charge in [0.25, 0.3) is 5.91 Å². The molecule has 6 heteroatoms. The molecule has 134 valence electrons. The van der Waals surface area contributed by atoms with E-state index in [9.17, 15) is 4.79 Å². The van der Waals surface area contributed by atoms with Crippen LogP contribution in [0.15, 0.2) is 77.9 Å². The molecular weight excluding hydrogens is 381 g/mol. The molecule has 3 aromatic carbocycles. The molecule has 1 aliphatic rings. The van der Waals surface area contributed by atoms with Gasteiger partial charge >= 0.3 is 0 Å². The first-order valence-electron chi connectivity index (χ1n) is 8.36. The van der Waals surface area contributed by atoms with Crippen LogP contribution in [0, 0.1) is 0 Å². The number of rotatable bonds is 3. The molecule has 0 spiro atoms. The van der Waals surface area contributed by atoms with E-state index in [1.165, 1.54) is 5.01 Å². The summed E-state index contributed by atoms with van der Waals surface area (Å²) in [5, 5.41) is 10.5. The van der Waals surface area contributed by atoms with Crippen molar-refractivity contribution >= 4 is 41.0 Å². The summed E-state index contributed by atoms with van der Waals surface area (Å²) in [6.07, 6.45) is 1.15. The Morgan fingerprint density at radius 2 is 1.67 bits per heavy atom. The van der Waals surface area contributed by atoms with Crippen LogP contribution in [0.5, 0.6) is 0 Å². The largest absolute Gasteiger partial charge is 0.359 e. The topological polar surface area (TPSA) is 44.7 Å². The van der Waals surface area contributed by atoms with Gasteiger partial charge in [-0.1, -0.05) is 59.6 Å². The molecule has 1 aliphatic heterocycles. The van der Waals surface area contributed by atoms with E-state index in [2.05, 4.69) is 10.4 Å². The predicted molar refractivity (Wildman–Crippen MR) is 109 cm³/mol. The smallest absolute Gasteiger partial charge is 0.278 e. The van der Waals surface area contributed by atoms with Gasteiger partial charge in [-0.25, -0.2) is 5.01 Å². The van der Waals surface area contributed by atoms with Crippen molar-refractivity contribution < 1.29 is 4.79 Å². The summed E-state index contributed by atoms with van der Waals surface area (Å²) in [6.45, 7) is 0. The average molecular weight is 396 g/mol. The predicted octanol–water partition coefficient (Wildman–Crippen LogP) is 5.59. The van der Waals surface area contributed by atoms with Gasteiger partial charge in [-0.3, -0.25) is 4.79 Å². The van der Waals surface area contributed by atoms with E-state index in [0.29, 0.717) is 15.6 Å². The summed E-state index contributed by atoms with van der Waals surface area (Å²) in [7, 11) is 0. The van der Waals surface area contributed by atoms with Gasteiger partial charge < -0.3 is 5.32 Å². The molecule has 4 rings (SSSR count). The van der Waals surface area contributed by atoms with Crippen LogP contribution in [0.1, 0.15) is 27.7 Å². The van der Waals surface area contributed by atoms with Crippen LogP contribution in [-0.2, 0) is 0 Å². The lowest BCUT2D eigenvalue weighted by atomic mass is 10.1. The standard InChI is InChI=1S/C21H15Cl2N3O/c22-16-7-3-5-14(11-16)13-24-26-20(15-6-4-8-17(23)12-15)25-19-10-2-1-9-18(19)21(26)27/h1-13,20,25H/b24-13+. The van der Waals surface area contributed by atoms with Gasteiger partial charge in [-0.15, -0.1) is 0 Å². The van der Waals surface area contributed by atoms with Crippen molar-refractivity contribution in [3.05, 3.63) is 99.5 Å². The maximum Gasteiger partial charge on any atom is 0.278 e. The Kier molecular flexibility index (Phi) is 4.84. The summed E-state index contributed by atoms with van der Waals surface area (Å²) in [6, 6.07) is 22.0. The highest BCUT2D eigenvalue weighted by molar-refractivity contribution is 6.31. The van der Waals surface area contributed by atoms with Gasteiger partial charge in [0.15, 0.2) is 6.17 Å². The molecule has 1 atom stereocenters. The summed E-state index contributed by atoms with van der Waals surface area (Å²) in [5.41, 5.74) is 2.98. The van der Waals surface area contributed by atoms with E-state index < -0.39 is 6.17 Å². The Labute approximate surface area is 167 Å². The second-order valence-corrected chi connectivity index (χ2v) is 6.97. The number of hydrazone groups is 1. The van der Waals surface area contributed by atoms with E-state index in [-0.39, 0.29) is 5.91 Å². The van der Waals surface area contributed by atoms with Crippen molar-refractivity contribution in [2.24, 2.45) is 5.10 Å². The van der Waals surface area contributed by atoms with Crippen molar-refractivity contribution in [1.82, 2.24) is 5.01 Å². The van der Waals surface area contributed by atoms with E-state index in [1.54, 1.807) is 30.5 Å². The van der Waals surface area contributed by atoms with Crippen molar-refractivity contribution in [3.63, 3.8) is 0 Å². The lowest BCUT2D eigenvalue weighted by Crippen LogP contribution is -2.39. The van der Waals surface area contributed by atoms with Crippen LogP contribution < -0.4 is 5.32 Å². The van der Waals surface area contributed by atoms with Gasteiger partial charge in [-0.2, -0.15) is 5.10 Å². The zero-order chi connectivity index (χ0) is 18.8. The minimum atomic E-state index is -0.471. The molecule has 27 heavy (non-hydrogen) atoms. The lowest BCUT2D eigenvalue weighted by Gasteiger charge is -2.34. The second kappa shape index (κ2) is 7.43. The molecule has 0 aromatic heterocycles. The average Bonchev–Trinajstić information content (AvgIpc) is 2.67. The number of nitrogens with zero attached hydrogens (tertiary/aromatic N) is 2. The number of carbonyl (C=O) groups is 1. The normalized spacial score (nSPS) is 16.3. The van der Waals surface area contributed by atoms with Crippen LogP contribution >= 0.6 is 23.2 Å². The van der Waals surface area contributed by atoms with Gasteiger partial charge in [0.05, 0.1) is 11.8 Å². The van der Waals surface area contributed by atoms with Crippen molar-refractivity contribution in [3.8, 4) is 0 Å². The molecule has 0 bridgehead atoms. The molecule has 0 radical (unpaired) electrons. The molecule has 0 fully saturated rings. The number of benzene rings is 3. The molecular formula is C21H15Cl2N3O. The number of hydrogen-bond acceptors (Lipinski definition) is 3. The van der Waals surface area contributed by atoms with Crippen molar-refractivity contribution in [2.45, 2.75) is 6.17 Å². The Morgan fingerprint density at radius 3 is 2.44 bits per heavy atom. The van der Waals surface area contributed by atoms with Gasteiger partial charge in [0.1, 0.15) is 0 Å². The molecule has 1 heterocycles. The lowest BCUT2D eigenvalue weighted by molar-refractivity contribution is 0.0691. The van der Waals surface area contributed by atoms with E-state index in [0.717, 1.165) is 16.8 Å². The Bertz CT molecular complexity index is 1040. The van der Waals surface area contributed by atoms with E-state index >= 15 is 0 Å². The fraction of sp³-hybridized carbons (Fsp3) is 0.0476. The highest BCUT2D eigenvalue weighted by atomic mass is 35.5. The number of halogens is 2. The maximum atomic E-state index is 13.1. The molecule has 1 amide bonds. The first-order valence-corrected chi connectivity index (χ1v) is 9.11. The molecule has 0 aliphatic carbocycles. The number of amides is 1. The first-order chi connectivity index (χ1) is 13.1. The number of hydrogen-bond donors (Lipinski definition) is 1.